The lowest BCUT2D eigenvalue weighted by Gasteiger charge is -2.16. The average molecular weight is 409 g/mol. The second kappa shape index (κ2) is 8.63. The van der Waals surface area contributed by atoms with Crippen molar-refractivity contribution in [2.75, 3.05) is 6.61 Å². The first-order valence-corrected chi connectivity index (χ1v) is 9.12. The number of aromatic nitrogens is 1. The van der Waals surface area contributed by atoms with Crippen LogP contribution in [-0.4, -0.2) is 22.1 Å². The van der Waals surface area contributed by atoms with Gasteiger partial charge in [0.2, 0.25) is 11.7 Å². The van der Waals surface area contributed by atoms with E-state index in [2.05, 4.69) is 0 Å². The molecule has 0 unspecified atom stereocenters. The predicted molar refractivity (Wildman–Crippen MR) is 109 cm³/mol. The molecule has 0 amide bonds. The minimum absolute atomic E-state index is 0.0266. The zero-order valence-corrected chi connectivity index (χ0v) is 16.3. The number of carbonyl (C=O) groups is 1. The van der Waals surface area contributed by atoms with Gasteiger partial charge in [-0.3, -0.25) is 14.2 Å². The minimum Gasteiger partial charge on any atom is -0.494 e. The molecule has 3 aromatic rings. The fourth-order valence-electron chi connectivity index (χ4n) is 2.95. The van der Waals surface area contributed by atoms with Crippen molar-refractivity contribution in [2.45, 2.75) is 13.5 Å². The van der Waals surface area contributed by atoms with Gasteiger partial charge in [0.05, 0.1) is 12.1 Å². The van der Waals surface area contributed by atoms with Crippen LogP contribution in [0.15, 0.2) is 59.4 Å². The number of benzene rings is 2. The molecule has 29 heavy (non-hydrogen) atoms. The molecule has 0 fully saturated rings. The molecule has 0 aliphatic carbocycles. The maximum Gasteiger partial charge on any atom is 0.271 e. The van der Waals surface area contributed by atoms with Crippen molar-refractivity contribution in [1.29, 1.82) is 5.26 Å². The van der Waals surface area contributed by atoms with E-state index in [1.165, 1.54) is 6.92 Å². The highest BCUT2D eigenvalue weighted by Crippen LogP contribution is 2.24. The first kappa shape index (κ1) is 20.2. The SMILES string of the molecule is Cc1c(C(=O)COc2ccc(Cl)cc2)c(O)n(Cc2ccccc2)c(=O)c1C#N. The Morgan fingerprint density at radius 2 is 1.83 bits per heavy atom. The van der Waals surface area contributed by atoms with Gasteiger partial charge in [-0.15, -0.1) is 0 Å². The van der Waals surface area contributed by atoms with Crippen molar-refractivity contribution in [1.82, 2.24) is 4.57 Å². The van der Waals surface area contributed by atoms with E-state index in [1.807, 2.05) is 12.1 Å². The maximum absolute atomic E-state index is 12.8. The summed E-state index contributed by atoms with van der Waals surface area (Å²) < 4.78 is 6.48. The number of hydrogen-bond donors (Lipinski definition) is 1. The van der Waals surface area contributed by atoms with Gasteiger partial charge in [0.25, 0.3) is 5.56 Å². The molecule has 6 nitrogen and oxygen atoms in total. The Morgan fingerprint density at radius 1 is 1.17 bits per heavy atom. The van der Waals surface area contributed by atoms with Crippen molar-refractivity contribution in [3.8, 4) is 17.7 Å². The van der Waals surface area contributed by atoms with Crippen LogP contribution >= 0.6 is 11.6 Å². The van der Waals surface area contributed by atoms with Gasteiger partial charge in [0.1, 0.15) is 17.4 Å². The number of nitriles is 1. The molecule has 2 aromatic carbocycles. The smallest absolute Gasteiger partial charge is 0.271 e. The van der Waals surface area contributed by atoms with Gasteiger partial charge in [-0.1, -0.05) is 41.9 Å². The van der Waals surface area contributed by atoms with Crippen LogP contribution in [0.5, 0.6) is 11.6 Å². The number of Topliss-reactive ketones (excluding diaryl/α,β-unsaturated/α-hetero) is 1. The molecule has 0 radical (unpaired) electrons. The highest BCUT2D eigenvalue weighted by molar-refractivity contribution is 6.30. The second-order valence-corrected chi connectivity index (χ2v) is 6.79. The summed E-state index contributed by atoms with van der Waals surface area (Å²) >= 11 is 5.83. The maximum atomic E-state index is 12.8. The first-order valence-electron chi connectivity index (χ1n) is 8.74. The van der Waals surface area contributed by atoms with Crippen molar-refractivity contribution >= 4 is 17.4 Å². The molecule has 0 spiro atoms. The van der Waals surface area contributed by atoms with Crippen LogP contribution in [0.3, 0.4) is 0 Å². The van der Waals surface area contributed by atoms with Crippen LogP contribution < -0.4 is 10.3 Å². The van der Waals surface area contributed by atoms with Gasteiger partial charge in [-0.05, 0) is 42.3 Å². The number of rotatable bonds is 6. The molecule has 1 heterocycles. The number of nitrogens with zero attached hydrogens (tertiary/aromatic N) is 2. The third-order valence-electron chi connectivity index (χ3n) is 4.45. The number of ether oxygens (including phenoxy) is 1. The van der Waals surface area contributed by atoms with Crippen LogP contribution in [0.25, 0.3) is 0 Å². The first-order chi connectivity index (χ1) is 13.9. The van der Waals surface area contributed by atoms with Gasteiger partial charge in [-0.25, -0.2) is 0 Å². The number of carbonyl (C=O) groups excluding carboxylic acids is 1. The summed E-state index contributed by atoms with van der Waals surface area (Å²) in [6, 6.07) is 17.3. The quantitative estimate of drug-likeness (QED) is 0.628. The molecule has 0 saturated heterocycles. The van der Waals surface area contributed by atoms with E-state index in [-0.39, 0.29) is 29.8 Å². The standard InChI is InChI=1S/C22H17ClN2O4/c1-14-18(11-24)21(27)25(12-15-5-3-2-4-6-15)22(28)20(14)19(26)13-29-17-9-7-16(23)8-10-17/h2-10,28H,12-13H2,1H3. The lowest BCUT2D eigenvalue weighted by atomic mass is 10.0. The molecule has 0 aliphatic rings. The summed E-state index contributed by atoms with van der Waals surface area (Å²) in [7, 11) is 0. The summed E-state index contributed by atoms with van der Waals surface area (Å²) in [5, 5.41) is 20.6. The molecule has 7 heteroatoms. The van der Waals surface area contributed by atoms with Crippen LogP contribution in [-0.2, 0) is 6.54 Å². The molecule has 1 aromatic heterocycles. The van der Waals surface area contributed by atoms with Gasteiger partial charge < -0.3 is 9.84 Å². The molecular weight excluding hydrogens is 392 g/mol. The summed E-state index contributed by atoms with van der Waals surface area (Å²) in [5.74, 6) is -0.605. The number of pyridine rings is 1. The zero-order chi connectivity index (χ0) is 21.0. The predicted octanol–water partition coefficient (Wildman–Crippen LogP) is 3.70. The Labute approximate surface area is 172 Å². The van der Waals surface area contributed by atoms with E-state index in [0.29, 0.717) is 10.8 Å². The normalized spacial score (nSPS) is 10.4. The lowest BCUT2D eigenvalue weighted by Crippen LogP contribution is -2.28. The number of hydrogen-bond acceptors (Lipinski definition) is 5. The highest BCUT2D eigenvalue weighted by Gasteiger charge is 2.24. The summed E-state index contributed by atoms with van der Waals surface area (Å²) in [5.41, 5.74) is -0.0707. The van der Waals surface area contributed by atoms with Crippen molar-refractivity contribution in [3.05, 3.63) is 92.2 Å². The van der Waals surface area contributed by atoms with Gasteiger partial charge in [0, 0.05) is 5.02 Å². The lowest BCUT2D eigenvalue weighted by molar-refractivity contribution is 0.0916. The molecule has 0 aliphatic heterocycles. The molecule has 3 rings (SSSR count). The Kier molecular flexibility index (Phi) is 6.01. The molecule has 146 valence electrons. The Balaban J connectivity index is 1.97. The fraction of sp³-hybridized carbons (Fsp3) is 0.136. The third kappa shape index (κ3) is 4.31. The number of ketones is 1. The number of halogens is 1. The average Bonchev–Trinajstić information content (AvgIpc) is 2.72. The number of aromatic hydroxyl groups is 1. The largest absolute Gasteiger partial charge is 0.494 e. The monoisotopic (exact) mass is 408 g/mol. The summed E-state index contributed by atoms with van der Waals surface area (Å²) in [4.78, 5) is 25.4. The van der Waals surface area contributed by atoms with E-state index in [0.717, 1.165) is 10.1 Å². The van der Waals surface area contributed by atoms with Crippen LogP contribution in [0, 0.1) is 18.3 Å². The fourth-order valence-corrected chi connectivity index (χ4v) is 3.08. The van der Waals surface area contributed by atoms with Crippen molar-refractivity contribution < 1.29 is 14.6 Å². The highest BCUT2D eigenvalue weighted by atomic mass is 35.5. The molecule has 0 saturated carbocycles. The zero-order valence-electron chi connectivity index (χ0n) is 15.6. The Hall–Kier alpha value is -3.56. The molecule has 1 N–H and O–H groups in total. The topological polar surface area (TPSA) is 92.3 Å². The van der Waals surface area contributed by atoms with Gasteiger partial charge in [0.15, 0.2) is 6.61 Å². The van der Waals surface area contributed by atoms with Crippen LogP contribution in [0.4, 0.5) is 0 Å². The van der Waals surface area contributed by atoms with E-state index in [1.54, 1.807) is 48.5 Å². The van der Waals surface area contributed by atoms with Crippen molar-refractivity contribution in [3.63, 3.8) is 0 Å². The third-order valence-corrected chi connectivity index (χ3v) is 4.70. The second-order valence-electron chi connectivity index (χ2n) is 6.35. The van der Waals surface area contributed by atoms with Crippen LogP contribution in [0.2, 0.25) is 5.02 Å². The molecule has 0 atom stereocenters. The van der Waals surface area contributed by atoms with E-state index in [9.17, 15) is 20.0 Å². The van der Waals surface area contributed by atoms with E-state index in [4.69, 9.17) is 16.3 Å². The van der Waals surface area contributed by atoms with Crippen LogP contribution in [0.1, 0.15) is 27.0 Å². The van der Waals surface area contributed by atoms with Crippen molar-refractivity contribution in [2.24, 2.45) is 0 Å². The Morgan fingerprint density at radius 3 is 2.45 bits per heavy atom. The van der Waals surface area contributed by atoms with Gasteiger partial charge in [-0.2, -0.15) is 5.26 Å². The molecular formula is C22H17ClN2O4. The summed E-state index contributed by atoms with van der Waals surface area (Å²) in [6.45, 7) is 1.12. The van der Waals surface area contributed by atoms with E-state index < -0.39 is 17.2 Å². The minimum atomic E-state index is -0.651. The molecule has 0 bridgehead atoms. The van der Waals surface area contributed by atoms with E-state index >= 15 is 0 Å². The summed E-state index contributed by atoms with van der Waals surface area (Å²) in [6.07, 6.45) is 0. The Bertz CT molecular complexity index is 1150. The van der Waals surface area contributed by atoms with Gasteiger partial charge >= 0.3 is 0 Å².